The van der Waals surface area contributed by atoms with Crippen LogP contribution in [0.15, 0.2) is 34.6 Å². The summed E-state index contributed by atoms with van der Waals surface area (Å²) in [6.07, 6.45) is 2.01. The highest BCUT2D eigenvalue weighted by Gasteiger charge is 2.11. The summed E-state index contributed by atoms with van der Waals surface area (Å²) in [6, 6.07) is 8.64. The number of nitrogens with zero attached hydrogens (tertiary/aromatic N) is 1. The number of nitrogens with one attached hydrogen (secondary N) is 2. The average molecular weight is 457 g/mol. The van der Waals surface area contributed by atoms with E-state index in [-0.39, 0.29) is 24.0 Å². The number of ether oxygens (including phenoxy) is 1. The first kappa shape index (κ1) is 19.1. The molecule has 0 atom stereocenters. The summed E-state index contributed by atoms with van der Waals surface area (Å²) in [5, 5.41) is 8.87. The maximum atomic E-state index is 5.55. The minimum Gasteiger partial charge on any atom is -0.493 e. The van der Waals surface area contributed by atoms with E-state index in [2.05, 4.69) is 52.2 Å². The zero-order valence-electron chi connectivity index (χ0n) is 14.1. The molecule has 24 heavy (non-hydrogen) atoms. The van der Waals surface area contributed by atoms with Gasteiger partial charge in [-0.25, -0.2) is 0 Å². The van der Waals surface area contributed by atoms with Gasteiger partial charge in [0.15, 0.2) is 5.96 Å². The van der Waals surface area contributed by atoms with Crippen LogP contribution in [0.25, 0.3) is 0 Å². The van der Waals surface area contributed by atoms with Crippen LogP contribution >= 0.6 is 35.3 Å². The fourth-order valence-electron chi connectivity index (χ4n) is 2.69. The maximum Gasteiger partial charge on any atom is 0.191 e. The number of thiophene rings is 1. The van der Waals surface area contributed by atoms with Gasteiger partial charge in [0.1, 0.15) is 5.75 Å². The van der Waals surface area contributed by atoms with Crippen molar-refractivity contribution in [1.29, 1.82) is 0 Å². The Morgan fingerprint density at radius 1 is 1.29 bits per heavy atom. The second-order valence-corrected chi connectivity index (χ2v) is 6.67. The van der Waals surface area contributed by atoms with Gasteiger partial charge in [0.05, 0.1) is 13.2 Å². The van der Waals surface area contributed by atoms with Crippen LogP contribution in [-0.4, -0.2) is 26.2 Å². The predicted octanol–water partition coefficient (Wildman–Crippen LogP) is 3.52. The fourth-order valence-corrected chi connectivity index (χ4v) is 3.54. The molecule has 1 aliphatic rings. The number of halogens is 1. The van der Waals surface area contributed by atoms with Crippen LogP contribution < -0.4 is 15.4 Å². The van der Waals surface area contributed by atoms with E-state index in [0.717, 1.165) is 44.2 Å². The van der Waals surface area contributed by atoms with Crippen LogP contribution in [0.1, 0.15) is 21.6 Å². The van der Waals surface area contributed by atoms with Crippen molar-refractivity contribution >= 4 is 41.3 Å². The molecule has 2 N–H and O–H groups in total. The average Bonchev–Trinajstić information content (AvgIpc) is 3.19. The zero-order chi connectivity index (χ0) is 16.1. The topological polar surface area (TPSA) is 45.7 Å². The number of hydrogen-bond donors (Lipinski definition) is 2. The van der Waals surface area contributed by atoms with Crippen molar-refractivity contribution in [2.45, 2.75) is 26.3 Å². The minimum atomic E-state index is 0. The fraction of sp³-hybridized carbons (Fsp3) is 0.389. The first-order valence-electron chi connectivity index (χ1n) is 7.98. The molecular formula is C18H24IN3OS. The van der Waals surface area contributed by atoms with Gasteiger partial charge in [-0.1, -0.05) is 12.1 Å². The van der Waals surface area contributed by atoms with Crippen LogP contribution in [-0.2, 0) is 19.4 Å². The molecule has 3 rings (SSSR count). The van der Waals surface area contributed by atoms with Gasteiger partial charge in [0.25, 0.3) is 0 Å². The third-order valence-electron chi connectivity index (χ3n) is 4.07. The summed E-state index contributed by atoms with van der Waals surface area (Å²) >= 11 is 1.78. The molecule has 0 amide bonds. The summed E-state index contributed by atoms with van der Waals surface area (Å²) in [4.78, 5) is 5.64. The lowest BCUT2D eigenvalue weighted by atomic mass is 10.1. The standard InChI is InChI=1S/C18H23N3OS.HI/c1-13-7-10-23-17(13)12-21-18(19-2)20-8-5-14-3-4-16-15(11-14)6-9-22-16;/h3-4,7,10-11H,5-6,8-9,12H2,1-2H3,(H2,19,20,21);1H. The van der Waals surface area contributed by atoms with Gasteiger partial charge in [-0.3, -0.25) is 4.99 Å². The summed E-state index contributed by atoms with van der Waals surface area (Å²) in [5.74, 6) is 1.90. The molecule has 0 spiro atoms. The van der Waals surface area contributed by atoms with Gasteiger partial charge in [-0.15, -0.1) is 35.3 Å². The van der Waals surface area contributed by atoms with Crippen LogP contribution in [0, 0.1) is 6.92 Å². The second-order valence-electron chi connectivity index (χ2n) is 5.67. The Labute approximate surface area is 164 Å². The second kappa shape index (κ2) is 9.27. The highest BCUT2D eigenvalue weighted by molar-refractivity contribution is 14.0. The molecule has 4 nitrogen and oxygen atoms in total. The molecule has 0 fully saturated rings. The minimum absolute atomic E-state index is 0. The van der Waals surface area contributed by atoms with Crippen LogP contribution in [0.3, 0.4) is 0 Å². The maximum absolute atomic E-state index is 5.55. The van der Waals surface area contributed by atoms with Gasteiger partial charge in [0.2, 0.25) is 0 Å². The summed E-state index contributed by atoms with van der Waals surface area (Å²) in [7, 11) is 1.81. The predicted molar refractivity (Wildman–Crippen MR) is 112 cm³/mol. The monoisotopic (exact) mass is 457 g/mol. The lowest BCUT2D eigenvalue weighted by Crippen LogP contribution is -2.37. The Morgan fingerprint density at radius 3 is 2.92 bits per heavy atom. The van der Waals surface area contributed by atoms with Gasteiger partial charge in [0, 0.05) is 24.9 Å². The normalized spacial score (nSPS) is 13.0. The zero-order valence-corrected chi connectivity index (χ0v) is 17.2. The van der Waals surface area contributed by atoms with Crippen molar-refractivity contribution < 1.29 is 4.74 Å². The number of fused-ring (bicyclic) bond motifs is 1. The molecule has 1 aromatic carbocycles. The molecule has 1 aromatic heterocycles. The van der Waals surface area contributed by atoms with E-state index in [1.165, 1.54) is 21.6 Å². The van der Waals surface area contributed by atoms with Crippen molar-refractivity contribution in [2.75, 3.05) is 20.2 Å². The van der Waals surface area contributed by atoms with Gasteiger partial charge in [-0.2, -0.15) is 0 Å². The van der Waals surface area contributed by atoms with Crippen LogP contribution in [0.5, 0.6) is 5.75 Å². The van der Waals surface area contributed by atoms with Crippen molar-refractivity contribution in [3.05, 3.63) is 51.2 Å². The molecule has 6 heteroatoms. The van der Waals surface area contributed by atoms with E-state index in [1.54, 1.807) is 11.3 Å². The molecule has 2 aromatic rings. The molecular weight excluding hydrogens is 433 g/mol. The molecule has 0 saturated heterocycles. The van der Waals surface area contributed by atoms with Crippen molar-refractivity contribution in [3.63, 3.8) is 0 Å². The number of hydrogen-bond acceptors (Lipinski definition) is 3. The lowest BCUT2D eigenvalue weighted by molar-refractivity contribution is 0.357. The van der Waals surface area contributed by atoms with E-state index < -0.39 is 0 Å². The SMILES string of the molecule is CN=C(NCCc1ccc2c(c1)CCO2)NCc1sccc1C.I. The van der Waals surface area contributed by atoms with Crippen molar-refractivity contribution in [2.24, 2.45) is 4.99 Å². The Kier molecular flexibility index (Phi) is 7.36. The molecule has 0 radical (unpaired) electrons. The third kappa shape index (κ3) is 4.86. The number of benzene rings is 1. The van der Waals surface area contributed by atoms with Crippen molar-refractivity contribution in [3.8, 4) is 5.75 Å². The molecule has 0 unspecified atom stereocenters. The van der Waals surface area contributed by atoms with Crippen LogP contribution in [0.2, 0.25) is 0 Å². The van der Waals surface area contributed by atoms with Crippen LogP contribution in [0.4, 0.5) is 0 Å². The third-order valence-corrected chi connectivity index (χ3v) is 5.09. The van der Waals surface area contributed by atoms with E-state index in [1.807, 2.05) is 7.05 Å². The molecule has 0 bridgehead atoms. The summed E-state index contributed by atoms with van der Waals surface area (Å²) < 4.78 is 5.55. The molecule has 2 heterocycles. The largest absolute Gasteiger partial charge is 0.493 e. The van der Waals surface area contributed by atoms with Crippen molar-refractivity contribution in [1.82, 2.24) is 10.6 Å². The Morgan fingerprint density at radius 2 is 2.17 bits per heavy atom. The Bertz CT molecular complexity index is 699. The molecule has 0 saturated carbocycles. The highest BCUT2D eigenvalue weighted by atomic mass is 127. The molecule has 130 valence electrons. The summed E-state index contributed by atoms with van der Waals surface area (Å²) in [5.41, 5.74) is 4.00. The van der Waals surface area contributed by atoms with E-state index in [4.69, 9.17) is 4.74 Å². The van der Waals surface area contributed by atoms with E-state index in [0.29, 0.717) is 0 Å². The van der Waals surface area contributed by atoms with Gasteiger partial charge >= 0.3 is 0 Å². The first-order valence-corrected chi connectivity index (χ1v) is 8.86. The number of guanidine groups is 1. The molecule has 0 aliphatic carbocycles. The summed E-state index contributed by atoms with van der Waals surface area (Å²) in [6.45, 7) is 4.64. The number of rotatable bonds is 5. The smallest absolute Gasteiger partial charge is 0.191 e. The quantitative estimate of drug-likeness (QED) is 0.411. The number of aliphatic imine (C=N–C) groups is 1. The van der Waals surface area contributed by atoms with Gasteiger partial charge < -0.3 is 15.4 Å². The highest BCUT2D eigenvalue weighted by Crippen LogP contribution is 2.25. The lowest BCUT2D eigenvalue weighted by Gasteiger charge is -2.12. The number of aryl methyl sites for hydroxylation is 1. The van der Waals surface area contributed by atoms with E-state index >= 15 is 0 Å². The van der Waals surface area contributed by atoms with Gasteiger partial charge in [-0.05, 0) is 47.5 Å². The van der Waals surface area contributed by atoms with E-state index in [9.17, 15) is 0 Å². The molecule has 1 aliphatic heterocycles. The first-order chi connectivity index (χ1) is 11.3. The Hall–Kier alpha value is -1.28. The Balaban J connectivity index is 0.00000208.